The minimum absolute atomic E-state index is 0.172. The van der Waals surface area contributed by atoms with Crippen molar-refractivity contribution >= 4 is 17.5 Å². The predicted octanol–water partition coefficient (Wildman–Crippen LogP) is -0.431. The summed E-state index contributed by atoms with van der Waals surface area (Å²) in [5.74, 6) is -0.443. The monoisotopic (exact) mass is 317 g/mol. The maximum Gasteiger partial charge on any atom is 0.269 e. The molecule has 9 nitrogen and oxygen atoms in total. The highest BCUT2D eigenvalue weighted by molar-refractivity contribution is 5.95. The number of rotatable bonds is 7. The summed E-state index contributed by atoms with van der Waals surface area (Å²) < 4.78 is 1.68. The highest BCUT2D eigenvalue weighted by atomic mass is 16.2. The summed E-state index contributed by atoms with van der Waals surface area (Å²) in [6, 6.07) is 3.24. The first-order chi connectivity index (χ1) is 11.1. The Balaban J connectivity index is 1.79. The smallest absolute Gasteiger partial charge is 0.269 e. The minimum atomic E-state index is -0.263. The van der Waals surface area contributed by atoms with Gasteiger partial charge in [-0.05, 0) is 19.1 Å². The number of anilines is 1. The summed E-state index contributed by atoms with van der Waals surface area (Å²) in [5.41, 5.74) is 1.48. The number of carbonyl (C=O) groups excluding carboxylic acids is 2. The van der Waals surface area contributed by atoms with E-state index in [4.69, 9.17) is 0 Å². The summed E-state index contributed by atoms with van der Waals surface area (Å²) in [6.45, 7) is 3.14. The molecule has 0 atom stereocenters. The summed E-state index contributed by atoms with van der Waals surface area (Å²) in [7, 11) is 1.54. The van der Waals surface area contributed by atoms with Gasteiger partial charge in [-0.15, -0.1) is 5.10 Å². The number of pyridine rings is 1. The molecule has 0 unspecified atom stereocenters. The summed E-state index contributed by atoms with van der Waals surface area (Å²) >= 11 is 0. The molecule has 2 aromatic rings. The van der Waals surface area contributed by atoms with Gasteiger partial charge in [0.2, 0.25) is 5.91 Å². The molecule has 122 valence electrons. The number of aromatic nitrogens is 4. The van der Waals surface area contributed by atoms with E-state index in [0.717, 1.165) is 0 Å². The Bertz CT molecular complexity index is 670. The van der Waals surface area contributed by atoms with E-state index in [2.05, 4.69) is 31.2 Å². The molecule has 0 radical (unpaired) electrons. The van der Waals surface area contributed by atoms with E-state index in [9.17, 15) is 9.59 Å². The van der Waals surface area contributed by atoms with Crippen LogP contribution in [0.25, 0.3) is 0 Å². The molecule has 0 fully saturated rings. The van der Waals surface area contributed by atoms with E-state index >= 15 is 0 Å². The van der Waals surface area contributed by atoms with Crippen molar-refractivity contribution in [1.29, 1.82) is 0 Å². The lowest BCUT2D eigenvalue weighted by Gasteiger charge is -2.10. The van der Waals surface area contributed by atoms with Crippen LogP contribution in [0.2, 0.25) is 0 Å². The first kappa shape index (κ1) is 16.6. The van der Waals surface area contributed by atoms with Crippen LogP contribution in [-0.4, -0.2) is 51.9 Å². The van der Waals surface area contributed by atoms with Gasteiger partial charge in [-0.2, -0.15) is 0 Å². The molecule has 0 aromatic carbocycles. The molecule has 0 saturated carbocycles. The fourth-order valence-electron chi connectivity index (χ4n) is 1.89. The molecule has 0 spiro atoms. The Kier molecular flexibility index (Phi) is 5.75. The quantitative estimate of drug-likeness (QED) is 0.597. The average molecular weight is 317 g/mol. The van der Waals surface area contributed by atoms with E-state index < -0.39 is 0 Å². The van der Waals surface area contributed by atoms with Crippen molar-refractivity contribution in [2.24, 2.45) is 0 Å². The van der Waals surface area contributed by atoms with E-state index in [-0.39, 0.29) is 18.4 Å². The number of hydrogen-bond acceptors (Lipinski definition) is 6. The number of nitrogens with one attached hydrogen (secondary N) is 3. The molecule has 0 aliphatic heterocycles. The second-order valence-corrected chi connectivity index (χ2v) is 4.80. The van der Waals surface area contributed by atoms with Gasteiger partial charge in [-0.25, -0.2) is 4.98 Å². The van der Waals surface area contributed by atoms with E-state index in [1.54, 1.807) is 43.2 Å². The number of hydrogen-bond donors (Lipinski definition) is 3. The third kappa shape index (κ3) is 4.85. The lowest BCUT2D eigenvalue weighted by Crippen LogP contribution is -2.30. The molecule has 0 aliphatic rings. The van der Waals surface area contributed by atoms with Crippen molar-refractivity contribution in [3.63, 3.8) is 0 Å². The van der Waals surface area contributed by atoms with Crippen LogP contribution in [0, 0.1) is 6.92 Å². The summed E-state index contributed by atoms with van der Waals surface area (Å²) in [5, 5.41) is 15.8. The zero-order chi connectivity index (χ0) is 16.7. The molecule has 3 N–H and O–H groups in total. The van der Waals surface area contributed by atoms with Crippen molar-refractivity contribution < 1.29 is 9.59 Å². The minimum Gasteiger partial charge on any atom is -0.354 e. The Labute approximate surface area is 133 Å². The SMILES string of the molecule is CNC(=O)c1ccc(NC(=O)CNCCn2ccnn2)c(C)n1. The van der Waals surface area contributed by atoms with Crippen LogP contribution in [0.5, 0.6) is 0 Å². The van der Waals surface area contributed by atoms with Gasteiger partial charge in [0.1, 0.15) is 5.69 Å². The van der Waals surface area contributed by atoms with Crippen LogP contribution in [0.15, 0.2) is 24.5 Å². The fourth-order valence-corrected chi connectivity index (χ4v) is 1.89. The van der Waals surface area contributed by atoms with Crippen molar-refractivity contribution in [3.8, 4) is 0 Å². The molecule has 23 heavy (non-hydrogen) atoms. The zero-order valence-electron chi connectivity index (χ0n) is 13.0. The average Bonchev–Trinajstić information content (AvgIpc) is 3.06. The highest BCUT2D eigenvalue weighted by Crippen LogP contribution is 2.12. The predicted molar refractivity (Wildman–Crippen MR) is 83.9 cm³/mol. The number of nitrogens with zero attached hydrogens (tertiary/aromatic N) is 4. The van der Waals surface area contributed by atoms with Crippen LogP contribution in [0.3, 0.4) is 0 Å². The molecule has 0 aliphatic carbocycles. The largest absolute Gasteiger partial charge is 0.354 e. The third-order valence-electron chi connectivity index (χ3n) is 3.09. The molecule has 9 heteroatoms. The first-order valence-electron chi connectivity index (χ1n) is 7.14. The Morgan fingerprint density at radius 2 is 2.13 bits per heavy atom. The van der Waals surface area contributed by atoms with Gasteiger partial charge < -0.3 is 16.0 Å². The van der Waals surface area contributed by atoms with Crippen molar-refractivity contribution in [2.45, 2.75) is 13.5 Å². The third-order valence-corrected chi connectivity index (χ3v) is 3.09. The number of carbonyl (C=O) groups is 2. The zero-order valence-corrected chi connectivity index (χ0v) is 13.0. The maximum atomic E-state index is 11.9. The number of amides is 2. The van der Waals surface area contributed by atoms with Crippen LogP contribution < -0.4 is 16.0 Å². The van der Waals surface area contributed by atoms with E-state index in [0.29, 0.717) is 30.2 Å². The van der Waals surface area contributed by atoms with Crippen molar-refractivity contribution in [1.82, 2.24) is 30.6 Å². The van der Waals surface area contributed by atoms with Crippen LogP contribution in [-0.2, 0) is 11.3 Å². The molecular weight excluding hydrogens is 298 g/mol. The molecule has 2 amide bonds. The van der Waals surface area contributed by atoms with Crippen LogP contribution >= 0.6 is 0 Å². The maximum absolute atomic E-state index is 11.9. The summed E-state index contributed by atoms with van der Waals surface area (Å²) in [6.07, 6.45) is 3.36. The van der Waals surface area contributed by atoms with Gasteiger partial charge >= 0.3 is 0 Å². The van der Waals surface area contributed by atoms with Gasteiger partial charge in [-0.3, -0.25) is 14.3 Å². The Morgan fingerprint density at radius 3 is 2.78 bits per heavy atom. The Hall–Kier alpha value is -2.81. The second-order valence-electron chi connectivity index (χ2n) is 4.80. The normalized spacial score (nSPS) is 10.3. The van der Waals surface area contributed by atoms with Gasteiger partial charge in [0.15, 0.2) is 0 Å². The lowest BCUT2D eigenvalue weighted by molar-refractivity contribution is -0.115. The standard InChI is InChI=1S/C14H19N7O2/c1-10-11(3-4-12(18-10)14(23)15-2)19-13(22)9-16-5-7-21-8-6-17-20-21/h3-4,6,8,16H,5,7,9H2,1-2H3,(H,15,23)(H,19,22). The van der Waals surface area contributed by atoms with Gasteiger partial charge in [0, 0.05) is 19.8 Å². The van der Waals surface area contributed by atoms with Crippen LogP contribution in [0.4, 0.5) is 5.69 Å². The Morgan fingerprint density at radius 1 is 1.30 bits per heavy atom. The molecule has 2 heterocycles. The molecular formula is C14H19N7O2. The number of aryl methyl sites for hydroxylation is 1. The highest BCUT2D eigenvalue weighted by Gasteiger charge is 2.09. The fraction of sp³-hybridized carbons (Fsp3) is 0.357. The summed E-state index contributed by atoms with van der Waals surface area (Å²) in [4.78, 5) is 27.5. The van der Waals surface area contributed by atoms with Gasteiger partial charge in [-0.1, -0.05) is 5.21 Å². The van der Waals surface area contributed by atoms with Crippen LogP contribution in [0.1, 0.15) is 16.2 Å². The first-order valence-corrected chi connectivity index (χ1v) is 7.14. The van der Waals surface area contributed by atoms with Gasteiger partial charge in [0.25, 0.3) is 5.91 Å². The lowest BCUT2D eigenvalue weighted by atomic mass is 10.2. The van der Waals surface area contributed by atoms with Gasteiger partial charge in [0.05, 0.1) is 30.7 Å². The molecule has 0 saturated heterocycles. The van der Waals surface area contributed by atoms with Crippen molar-refractivity contribution in [3.05, 3.63) is 35.9 Å². The molecule has 0 bridgehead atoms. The topological polar surface area (TPSA) is 114 Å². The van der Waals surface area contributed by atoms with Crippen molar-refractivity contribution in [2.75, 3.05) is 25.5 Å². The molecule has 2 aromatic heterocycles. The molecule has 2 rings (SSSR count). The second kappa shape index (κ2) is 7.99. The van der Waals surface area contributed by atoms with E-state index in [1.165, 1.54) is 0 Å². The van der Waals surface area contributed by atoms with E-state index in [1.807, 2.05) is 0 Å².